The summed E-state index contributed by atoms with van der Waals surface area (Å²) in [5.41, 5.74) is 0.530. The summed E-state index contributed by atoms with van der Waals surface area (Å²) in [6, 6.07) is 8.23. The van der Waals surface area contributed by atoms with Crippen molar-refractivity contribution in [3.8, 4) is 0 Å². The predicted octanol–water partition coefficient (Wildman–Crippen LogP) is 4.83. The Morgan fingerprint density at radius 2 is 1.93 bits per heavy atom. The number of carbonyl (C=O) groups excluding carboxylic acids is 1. The Bertz CT molecular complexity index is 977. The van der Waals surface area contributed by atoms with Crippen molar-refractivity contribution in [2.75, 3.05) is 32.1 Å². The first kappa shape index (κ1) is 19.7. The molecule has 4 nitrogen and oxygen atoms in total. The highest BCUT2D eigenvalue weighted by molar-refractivity contribution is 7.22. The van der Waals surface area contributed by atoms with E-state index in [1.807, 2.05) is 19.0 Å². The lowest BCUT2D eigenvalue weighted by atomic mass is 10.2. The van der Waals surface area contributed by atoms with Crippen molar-refractivity contribution in [1.82, 2.24) is 9.88 Å². The topological polar surface area (TPSA) is 36.4 Å². The van der Waals surface area contributed by atoms with E-state index >= 15 is 0 Å². The normalized spacial score (nSPS) is 11.3. The minimum absolute atomic E-state index is 0.182. The van der Waals surface area contributed by atoms with Crippen LogP contribution in [0.5, 0.6) is 0 Å². The van der Waals surface area contributed by atoms with Gasteiger partial charge in [-0.3, -0.25) is 9.69 Å². The third-order valence-corrected chi connectivity index (χ3v) is 5.24. The van der Waals surface area contributed by atoms with Gasteiger partial charge in [0.15, 0.2) is 5.13 Å². The number of amides is 1. The zero-order valence-corrected chi connectivity index (χ0v) is 16.4. The fourth-order valence-electron chi connectivity index (χ4n) is 2.64. The van der Waals surface area contributed by atoms with E-state index in [1.165, 1.54) is 16.2 Å². The van der Waals surface area contributed by atoms with Gasteiger partial charge in [-0.2, -0.15) is 0 Å². The first-order valence-corrected chi connectivity index (χ1v) is 9.52. The van der Waals surface area contributed by atoms with Gasteiger partial charge < -0.3 is 4.90 Å². The molecule has 142 valence electrons. The van der Waals surface area contributed by atoms with Crippen molar-refractivity contribution in [2.45, 2.75) is 6.42 Å². The minimum Gasteiger partial charge on any atom is -0.309 e. The quantitative estimate of drug-likeness (QED) is 0.585. The summed E-state index contributed by atoms with van der Waals surface area (Å²) in [5.74, 6) is -2.16. The number of nitrogens with zero attached hydrogens (tertiary/aromatic N) is 3. The van der Waals surface area contributed by atoms with E-state index in [1.54, 1.807) is 18.2 Å². The second-order valence-electron chi connectivity index (χ2n) is 6.35. The van der Waals surface area contributed by atoms with E-state index in [9.17, 15) is 13.6 Å². The van der Waals surface area contributed by atoms with Crippen LogP contribution in [0.3, 0.4) is 0 Å². The molecule has 2 aromatic carbocycles. The van der Waals surface area contributed by atoms with Crippen LogP contribution in [0.1, 0.15) is 16.8 Å². The average molecular weight is 410 g/mol. The van der Waals surface area contributed by atoms with Crippen molar-refractivity contribution in [3.63, 3.8) is 0 Å². The fraction of sp³-hybridized carbons (Fsp3) is 0.263. The second-order valence-corrected chi connectivity index (χ2v) is 7.79. The van der Waals surface area contributed by atoms with Crippen molar-refractivity contribution in [2.24, 2.45) is 0 Å². The molecule has 1 heterocycles. The lowest BCUT2D eigenvalue weighted by Crippen LogP contribution is -2.34. The number of halogens is 3. The van der Waals surface area contributed by atoms with Gasteiger partial charge in [0.05, 0.1) is 15.8 Å². The molecule has 27 heavy (non-hydrogen) atoms. The molecule has 0 aliphatic carbocycles. The van der Waals surface area contributed by atoms with Crippen LogP contribution in [-0.4, -0.2) is 43.0 Å². The third kappa shape index (κ3) is 4.61. The molecular weight excluding hydrogens is 392 g/mol. The Kier molecular flexibility index (Phi) is 6.04. The highest BCUT2D eigenvalue weighted by Crippen LogP contribution is 2.32. The fourth-order valence-corrected chi connectivity index (χ4v) is 3.91. The number of rotatable bonds is 6. The number of carbonyl (C=O) groups is 1. The zero-order valence-electron chi connectivity index (χ0n) is 14.9. The summed E-state index contributed by atoms with van der Waals surface area (Å²) in [4.78, 5) is 20.9. The van der Waals surface area contributed by atoms with Crippen LogP contribution < -0.4 is 4.90 Å². The Balaban J connectivity index is 1.97. The van der Waals surface area contributed by atoms with Crippen LogP contribution in [0.15, 0.2) is 36.4 Å². The molecule has 8 heteroatoms. The van der Waals surface area contributed by atoms with Gasteiger partial charge >= 0.3 is 0 Å². The molecule has 0 aliphatic heterocycles. The van der Waals surface area contributed by atoms with Crippen LogP contribution in [0, 0.1) is 11.6 Å². The molecule has 0 saturated carbocycles. The molecule has 3 aromatic rings. The summed E-state index contributed by atoms with van der Waals surface area (Å²) in [7, 11) is 3.87. The summed E-state index contributed by atoms with van der Waals surface area (Å²) in [6.45, 7) is 1.12. The van der Waals surface area contributed by atoms with Crippen LogP contribution in [0.4, 0.5) is 13.9 Å². The van der Waals surface area contributed by atoms with E-state index in [4.69, 9.17) is 11.6 Å². The maximum absolute atomic E-state index is 14.2. The molecule has 0 spiro atoms. The first-order chi connectivity index (χ1) is 12.8. The number of anilines is 1. The number of hydrogen-bond donors (Lipinski definition) is 0. The molecule has 0 saturated heterocycles. The van der Waals surface area contributed by atoms with Crippen LogP contribution in [0.2, 0.25) is 5.02 Å². The molecule has 0 aliphatic rings. The van der Waals surface area contributed by atoms with Crippen molar-refractivity contribution < 1.29 is 13.6 Å². The van der Waals surface area contributed by atoms with E-state index in [-0.39, 0.29) is 5.56 Å². The van der Waals surface area contributed by atoms with Gasteiger partial charge in [-0.15, -0.1) is 0 Å². The third-order valence-electron chi connectivity index (χ3n) is 3.96. The summed E-state index contributed by atoms with van der Waals surface area (Å²) < 4.78 is 28.2. The molecule has 0 atom stereocenters. The van der Waals surface area contributed by atoms with Gasteiger partial charge in [0.25, 0.3) is 5.91 Å². The van der Waals surface area contributed by atoms with E-state index < -0.39 is 17.5 Å². The van der Waals surface area contributed by atoms with Crippen molar-refractivity contribution in [1.29, 1.82) is 0 Å². The summed E-state index contributed by atoms with van der Waals surface area (Å²) >= 11 is 7.34. The first-order valence-electron chi connectivity index (χ1n) is 8.33. The average Bonchev–Trinajstić information content (AvgIpc) is 3.00. The van der Waals surface area contributed by atoms with Crippen molar-refractivity contribution in [3.05, 3.63) is 58.6 Å². The summed E-state index contributed by atoms with van der Waals surface area (Å²) in [6.07, 6.45) is 0.679. The van der Waals surface area contributed by atoms with Crippen LogP contribution >= 0.6 is 22.9 Å². The maximum atomic E-state index is 14.2. The monoisotopic (exact) mass is 409 g/mol. The zero-order chi connectivity index (χ0) is 19.6. The SMILES string of the molecule is CN(C)CCCN(C(=O)c1ccc(F)cc1F)c1nc2ccc(Cl)cc2s1. The van der Waals surface area contributed by atoms with Crippen LogP contribution in [-0.2, 0) is 0 Å². The van der Waals surface area contributed by atoms with Gasteiger partial charge in [0.1, 0.15) is 11.6 Å². The van der Waals surface area contributed by atoms with E-state index in [0.29, 0.717) is 34.7 Å². The highest BCUT2D eigenvalue weighted by Gasteiger charge is 2.24. The lowest BCUT2D eigenvalue weighted by molar-refractivity contribution is 0.0982. The van der Waals surface area contributed by atoms with E-state index in [0.717, 1.165) is 23.4 Å². The Morgan fingerprint density at radius 1 is 1.15 bits per heavy atom. The van der Waals surface area contributed by atoms with Gasteiger partial charge in [-0.1, -0.05) is 22.9 Å². The number of fused-ring (bicyclic) bond motifs is 1. The molecule has 3 rings (SSSR count). The number of benzene rings is 2. The van der Waals surface area contributed by atoms with Gasteiger partial charge in [-0.05, 0) is 57.4 Å². The number of thiazole rings is 1. The largest absolute Gasteiger partial charge is 0.309 e. The predicted molar refractivity (Wildman–Crippen MR) is 106 cm³/mol. The molecule has 0 fully saturated rings. The Labute approximate surface area is 165 Å². The lowest BCUT2D eigenvalue weighted by Gasteiger charge is -2.21. The molecular formula is C19H18ClF2N3OS. The minimum atomic E-state index is -0.887. The van der Waals surface area contributed by atoms with Gasteiger partial charge in [0, 0.05) is 17.6 Å². The molecule has 0 N–H and O–H groups in total. The van der Waals surface area contributed by atoms with Crippen molar-refractivity contribution >= 4 is 44.2 Å². The summed E-state index contributed by atoms with van der Waals surface area (Å²) in [5, 5.41) is 1.03. The smallest absolute Gasteiger partial charge is 0.263 e. The van der Waals surface area contributed by atoms with Gasteiger partial charge in [-0.25, -0.2) is 13.8 Å². The molecule has 0 radical (unpaired) electrons. The molecule has 0 unspecified atom stereocenters. The molecule has 1 aromatic heterocycles. The molecule has 1 amide bonds. The Morgan fingerprint density at radius 3 is 2.63 bits per heavy atom. The highest BCUT2D eigenvalue weighted by atomic mass is 35.5. The number of aromatic nitrogens is 1. The Hall–Kier alpha value is -2.09. The van der Waals surface area contributed by atoms with Gasteiger partial charge in [0.2, 0.25) is 0 Å². The van der Waals surface area contributed by atoms with Crippen LogP contribution in [0.25, 0.3) is 10.2 Å². The molecule has 0 bridgehead atoms. The van der Waals surface area contributed by atoms with E-state index in [2.05, 4.69) is 4.98 Å². The maximum Gasteiger partial charge on any atom is 0.263 e. The number of hydrogen-bond acceptors (Lipinski definition) is 4. The second kappa shape index (κ2) is 8.29. The standard InChI is InChI=1S/C19H18ClF2N3OS/c1-24(2)8-3-9-25(18(26)14-6-5-13(21)11-15(14)22)19-23-16-7-4-12(20)10-17(16)27-19/h4-7,10-11H,3,8-9H2,1-2H3.